The molecule has 36 heavy (non-hydrogen) atoms. The van der Waals surface area contributed by atoms with Gasteiger partial charge in [-0.15, -0.1) is 0 Å². The van der Waals surface area contributed by atoms with Crippen molar-refractivity contribution in [3.63, 3.8) is 0 Å². The summed E-state index contributed by atoms with van der Waals surface area (Å²) in [5, 5.41) is 11.4. The van der Waals surface area contributed by atoms with Crippen molar-refractivity contribution in [1.29, 1.82) is 0 Å². The lowest BCUT2D eigenvalue weighted by atomic mass is 9.86. The molecule has 0 radical (unpaired) electrons. The number of alkyl halides is 3. The summed E-state index contributed by atoms with van der Waals surface area (Å²) in [7, 11) is -4.07. The Hall–Kier alpha value is -2.73. The lowest BCUT2D eigenvalue weighted by Crippen LogP contribution is -2.56. The molecule has 3 aromatic rings. The summed E-state index contributed by atoms with van der Waals surface area (Å²) >= 11 is -0.310. The van der Waals surface area contributed by atoms with Gasteiger partial charge in [0.2, 0.25) is 10.0 Å². The highest BCUT2D eigenvalue weighted by molar-refractivity contribution is 8.00. The molecule has 0 bridgehead atoms. The number of aliphatic hydroxyl groups excluding tert-OH is 1. The fraction of sp³-hybridized carbons (Fsp3) is 0.280. The second-order valence-corrected chi connectivity index (χ2v) is 11.5. The number of halogens is 3. The first-order valence-electron chi connectivity index (χ1n) is 11.3. The molecule has 1 fully saturated rings. The third-order valence-corrected chi connectivity index (χ3v) is 8.54. The zero-order chi connectivity index (χ0) is 25.5. The molecule has 1 aliphatic carbocycles. The number of sulfonamides is 1. The highest BCUT2D eigenvalue weighted by Gasteiger charge is 2.41. The van der Waals surface area contributed by atoms with E-state index in [1.807, 2.05) is 53.4 Å². The number of thioether (sulfide) groups is 1. The van der Waals surface area contributed by atoms with E-state index in [1.54, 1.807) is 0 Å². The van der Waals surface area contributed by atoms with Crippen LogP contribution < -0.4 is 14.4 Å². The van der Waals surface area contributed by atoms with E-state index in [0.29, 0.717) is 30.8 Å². The molecule has 3 aromatic carbocycles. The topological polar surface area (TPSA) is 78.9 Å². The number of nitrogens with zero attached hydrogens (tertiary/aromatic N) is 1. The summed E-state index contributed by atoms with van der Waals surface area (Å²) in [6.07, 6.45) is 0.670. The number of para-hydroxylation sites is 4. The summed E-state index contributed by atoms with van der Waals surface area (Å²) in [5.41, 5.74) is -2.90. The Morgan fingerprint density at radius 1 is 0.917 bits per heavy atom. The molecule has 6 nitrogen and oxygen atoms in total. The van der Waals surface area contributed by atoms with Gasteiger partial charge in [0.25, 0.3) is 0 Å². The first-order valence-corrected chi connectivity index (χ1v) is 13.6. The Labute approximate surface area is 211 Å². The number of hydrogen-bond donors (Lipinski definition) is 2. The minimum absolute atomic E-state index is 0.108. The molecule has 0 amide bonds. The number of hydrogen-bond acceptors (Lipinski definition) is 6. The Morgan fingerprint density at radius 2 is 1.50 bits per heavy atom. The molecule has 11 heteroatoms. The second kappa shape index (κ2) is 9.62. The number of nitrogens with one attached hydrogen (secondary N) is 1. The van der Waals surface area contributed by atoms with Crippen molar-refractivity contribution < 1.29 is 31.4 Å². The summed E-state index contributed by atoms with van der Waals surface area (Å²) < 4.78 is 72.5. The quantitative estimate of drug-likeness (QED) is 0.401. The lowest BCUT2D eigenvalue weighted by molar-refractivity contribution is -0.0328. The molecular weight excluding hydrogens is 513 g/mol. The van der Waals surface area contributed by atoms with Crippen LogP contribution in [0.15, 0.2) is 82.6 Å². The maximum absolute atomic E-state index is 13.0. The monoisotopic (exact) mass is 536 g/mol. The van der Waals surface area contributed by atoms with Gasteiger partial charge in [0.15, 0.2) is 11.5 Å². The number of aliphatic hydroxyl groups is 1. The summed E-state index contributed by atoms with van der Waals surface area (Å²) in [4.78, 5) is 1.73. The van der Waals surface area contributed by atoms with Crippen molar-refractivity contribution >= 4 is 33.2 Å². The van der Waals surface area contributed by atoms with E-state index < -0.39 is 33.7 Å². The van der Waals surface area contributed by atoms with Gasteiger partial charge in [-0.2, -0.15) is 13.2 Å². The smallest absolute Gasteiger partial charge is 0.446 e. The maximum Gasteiger partial charge on any atom is 0.446 e. The van der Waals surface area contributed by atoms with E-state index >= 15 is 0 Å². The minimum Gasteiger partial charge on any atom is -0.453 e. The molecule has 3 atom stereocenters. The number of rotatable bonds is 5. The highest BCUT2D eigenvalue weighted by Crippen LogP contribution is 2.49. The molecule has 2 N–H and O–H groups in total. The van der Waals surface area contributed by atoms with Crippen LogP contribution in [0.2, 0.25) is 0 Å². The van der Waals surface area contributed by atoms with Crippen molar-refractivity contribution in [2.24, 2.45) is 0 Å². The summed E-state index contributed by atoms with van der Waals surface area (Å²) in [6.45, 7) is 0. The van der Waals surface area contributed by atoms with Crippen molar-refractivity contribution in [1.82, 2.24) is 4.72 Å². The first-order chi connectivity index (χ1) is 17.1. The fourth-order valence-corrected chi connectivity index (χ4v) is 6.57. The van der Waals surface area contributed by atoms with E-state index in [0.717, 1.165) is 35.6 Å². The van der Waals surface area contributed by atoms with Crippen LogP contribution in [-0.2, 0) is 10.0 Å². The van der Waals surface area contributed by atoms with E-state index in [9.17, 15) is 26.7 Å². The zero-order valence-electron chi connectivity index (χ0n) is 18.9. The first kappa shape index (κ1) is 24.9. The Kier molecular flexibility index (Phi) is 6.67. The molecule has 1 saturated carbocycles. The molecule has 0 spiro atoms. The number of anilines is 2. The van der Waals surface area contributed by atoms with Crippen LogP contribution in [0, 0.1) is 0 Å². The molecule has 190 valence electrons. The van der Waals surface area contributed by atoms with Crippen LogP contribution in [0.25, 0.3) is 0 Å². The SMILES string of the molecule is O=S(=O)(N[C@@H]1CCC[C@H](N2c3ccccc3Oc3ccccc32)[C@H]1O)c1ccc(SC(F)(F)F)cc1. The number of benzene rings is 3. The van der Waals surface area contributed by atoms with Crippen molar-refractivity contribution in [3.8, 4) is 11.5 Å². The van der Waals surface area contributed by atoms with E-state index in [4.69, 9.17) is 4.74 Å². The lowest BCUT2D eigenvalue weighted by Gasteiger charge is -2.44. The second-order valence-electron chi connectivity index (χ2n) is 8.64. The van der Waals surface area contributed by atoms with Gasteiger partial charge < -0.3 is 14.7 Å². The Bertz CT molecular complexity index is 1300. The van der Waals surface area contributed by atoms with Gasteiger partial charge in [0.05, 0.1) is 34.5 Å². The van der Waals surface area contributed by atoms with Gasteiger partial charge >= 0.3 is 5.51 Å². The largest absolute Gasteiger partial charge is 0.453 e. The van der Waals surface area contributed by atoms with Gasteiger partial charge in [-0.25, -0.2) is 13.1 Å². The highest BCUT2D eigenvalue weighted by atomic mass is 32.2. The van der Waals surface area contributed by atoms with Crippen molar-refractivity contribution in [2.45, 2.75) is 52.7 Å². The van der Waals surface area contributed by atoms with Gasteiger partial charge in [-0.05, 0) is 79.6 Å². The average Bonchev–Trinajstić information content (AvgIpc) is 2.83. The maximum atomic E-state index is 13.0. The normalized spacial score (nSPS) is 21.9. The summed E-state index contributed by atoms with van der Waals surface area (Å²) in [6, 6.07) is 18.2. The number of fused-ring (bicyclic) bond motifs is 2. The van der Waals surface area contributed by atoms with E-state index in [-0.39, 0.29) is 21.6 Å². The predicted molar refractivity (Wildman–Crippen MR) is 131 cm³/mol. The van der Waals surface area contributed by atoms with Crippen molar-refractivity contribution in [2.75, 3.05) is 4.90 Å². The minimum atomic E-state index is -4.46. The van der Waals surface area contributed by atoms with Crippen LogP contribution in [0.5, 0.6) is 11.5 Å². The molecule has 1 heterocycles. The average molecular weight is 537 g/mol. The zero-order valence-corrected chi connectivity index (χ0v) is 20.5. The molecule has 1 aliphatic heterocycles. The molecule has 0 aromatic heterocycles. The van der Waals surface area contributed by atoms with Gasteiger partial charge in [0, 0.05) is 4.90 Å². The molecule has 0 saturated heterocycles. The molecule has 5 rings (SSSR count). The fourth-order valence-electron chi connectivity index (χ4n) is 4.75. The van der Waals surface area contributed by atoms with Crippen LogP contribution in [0.3, 0.4) is 0 Å². The summed E-state index contributed by atoms with van der Waals surface area (Å²) in [5.74, 6) is 1.28. The molecular formula is C25H23F3N2O4S2. The van der Waals surface area contributed by atoms with Crippen molar-refractivity contribution in [3.05, 3.63) is 72.8 Å². The van der Waals surface area contributed by atoms with Gasteiger partial charge in [-0.1, -0.05) is 24.3 Å². The molecule has 2 aliphatic rings. The Balaban J connectivity index is 1.39. The third-order valence-electron chi connectivity index (χ3n) is 6.30. The third kappa shape index (κ3) is 5.06. The standard InChI is InChI=1S/C25H23F3N2O4S2/c26-25(27,28)35-16-12-14-17(15-13-16)36(32,33)29-18-6-5-9-21(24(18)31)30-19-7-1-3-10-22(19)34-23-11-4-2-8-20(23)30/h1-4,7-8,10-15,18,21,24,29,31H,5-6,9H2/t18-,21+,24+/m1/s1. The number of ether oxygens (including phenoxy) is 1. The van der Waals surface area contributed by atoms with Crippen LogP contribution in [-0.4, -0.2) is 37.2 Å². The van der Waals surface area contributed by atoms with Crippen LogP contribution in [0.4, 0.5) is 24.5 Å². The van der Waals surface area contributed by atoms with Crippen LogP contribution in [0.1, 0.15) is 19.3 Å². The molecule has 0 unspecified atom stereocenters. The van der Waals surface area contributed by atoms with E-state index in [1.165, 1.54) is 0 Å². The predicted octanol–water partition coefficient (Wildman–Crippen LogP) is 5.80. The Morgan fingerprint density at radius 3 is 2.08 bits per heavy atom. The van der Waals surface area contributed by atoms with Gasteiger partial charge in [0.1, 0.15) is 0 Å². The van der Waals surface area contributed by atoms with E-state index in [2.05, 4.69) is 4.72 Å². The van der Waals surface area contributed by atoms with Gasteiger partial charge in [-0.3, -0.25) is 0 Å². The van der Waals surface area contributed by atoms with Crippen LogP contribution >= 0.6 is 11.8 Å².